The van der Waals surface area contributed by atoms with Gasteiger partial charge >= 0.3 is 5.97 Å². The molecule has 0 radical (unpaired) electrons. The Hall–Kier alpha value is -1.31. The van der Waals surface area contributed by atoms with Gasteiger partial charge in [-0.05, 0) is 45.6 Å². The number of hydrogen-bond acceptors (Lipinski definition) is 2. The van der Waals surface area contributed by atoms with Crippen LogP contribution in [0.4, 0.5) is 0 Å². The monoisotopic (exact) mass is 250 g/mol. The summed E-state index contributed by atoms with van der Waals surface area (Å²) in [5.74, 6) is 0.0241. The molecule has 18 heavy (non-hydrogen) atoms. The number of rotatable bonds is 8. The molecule has 0 aliphatic rings. The molecule has 0 aromatic heterocycles. The van der Waals surface area contributed by atoms with Crippen LogP contribution in [0, 0.1) is 5.92 Å². The third-order valence-corrected chi connectivity index (χ3v) is 2.66. The molecule has 0 bridgehead atoms. The third-order valence-electron chi connectivity index (χ3n) is 2.66. The van der Waals surface area contributed by atoms with E-state index in [2.05, 4.69) is 33.4 Å². The minimum absolute atomic E-state index is 0.157. The predicted molar refractivity (Wildman–Crippen MR) is 77.4 cm³/mol. The van der Waals surface area contributed by atoms with Crippen LogP contribution in [0.2, 0.25) is 0 Å². The van der Waals surface area contributed by atoms with Gasteiger partial charge in [-0.3, -0.25) is 4.79 Å². The number of carbonyl (C=O) groups is 1. The molecule has 102 valence electrons. The zero-order valence-electron chi connectivity index (χ0n) is 12.2. The Kier molecular flexibility index (Phi) is 8.99. The quantitative estimate of drug-likeness (QED) is 0.470. The molecule has 1 atom stereocenters. The number of carbonyl (C=O) groups excluding carboxylic acids is 1. The van der Waals surface area contributed by atoms with E-state index in [0.717, 1.165) is 12.8 Å². The average Bonchev–Trinajstić information content (AvgIpc) is 2.28. The highest BCUT2D eigenvalue weighted by molar-refractivity contribution is 5.69. The molecule has 2 nitrogen and oxygen atoms in total. The lowest BCUT2D eigenvalue weighted by Gasteiger charge is -2.05. The van der Waals surface area contributed by atoms with E-state index < -0.39 is 0 Å². The SMILES string of the molecule is C=CC(C)CC(=O)OC/C=C(/C)CCC=C(C)C. The van der Waals surface area contributed by atoms with Crippen LogP contribution in [0.5, 0.6) is 0 Å². The van der Waals surface area contributed by atoms with E-state index in [9.17, 15) is 4.79 Å². The molecule has 0 aromatic rings. The van der Waals surface area contributed by atoms with E-state index in [1.54, 1.807) is 6.08 Å². The average molecular weight is 250 g/mol. The molecule has 0 aliphatic heterocycles. The van der Waals surface area contributed by atoms with Crippen LogP contribution in [0.1, 0.15) is 47.0 Å². The van der Waals surface area contributed by atoms with E-state index in [4.69, 9.17) is 4.74 Å². The third kappa shape index (κ3) is 9.88. The van der Waals surface area contributed by atoms with Crippen molar-refractivity contribution in [1.82, 2.24) is 0 Å². The molecule has 2 heteroatoms. The van der Waals surface area contributed by atoms with Crippen LogP contribution >= 0.6 is 0 Å². The Labute approximate surface area is 111 Å². The number of ether oxygens (including phenoxy) is 1. The Bertz CT molecular complexity index is 320. The molecular weight excluding hydrogens is 224 g/mol. The van der Waals surface area contributed by atoms with Crippen LogP contribution < -0.4 is 0 Å². The zero-order valence-corrected chi connectivity index (χ0v) is 12.2. The van der Waals surface area contributed by atoms with Crippen molar-refractivity contribution in [2.24, 2.45) is 5.92 Å². The molecule has 0 saturated carbocycles. The van der Waals surface area contributed by atoms with Crippen molar-refractivity contribution in [2.45, 2.75) is 47.0 Å². The first-order valence-electron chi connectivity index (χ1n) is 6.53. The van der Waals surface area contributed by atoms with Crippen LogP contribution in [0.15, 0.2) is 36.0 Å². The first-order valence-corrected chi connectivity index (χ1v) is 6.53. The Morgan fingerprint density at radius 3 is 2.50 bits per heavy atom. The van der Waals surface area contributed by atoms with Gasteiger partial charge in [0.1, 0.15) is 6.61 Å². The standard InChI is InChI=1S/C16H26O2/c1-6-14(4)12-16(17)18-11-10-15(5)9-7-8-13(2)3/h6,8,10,14H,1,7,9,11-12H2,2-5H3/b15-10-. The van der Waals surface area contributed by atoms with E-state index >= 15 is 0 Å². The van der Waals surface area contributed by atoms with Gasteiger partial charge in [-0.25, -0.2) is 0 Å². The van der Waals surface area contributed by atoms with Crippen molar-refractivity contribution < 1.29 is 9.53 Å². The van der Waals surface area contributed by atoms with Crippen LogP contribution in [0.3, 0.4) is 0 Å². The minimum atomic E-state index is -0.157. The molecule has 0 saturated heterocycles. The Morgan fingerprint density at radius 2 is 1.94 bits per heavy atom. The fourth-order valence-corrected chi connectivity index (χ4v) is 1.37. The normalized spacial score (nSPS) is 12.8. The first kappa shape index (κ1) is 16.7. The highest BCUT2D eigenvalue weighted by Gasteiger charge is 2.05. The first-order chi connectivity index (χ1) is 8.45. The predicted octanol–water partition coefficient (Wildman–Crippen LogP) is 4.43. The molecule has 0 aliphatic carbocycles. The van der Waals surface area contributed by atoms with E-state index in [1.807, 2.05) is 13.0 Å². The van der Waals surface area contributed by atoms with Crippen LogP contribution in [-0.2, 0) is 9.53 Å². The van der Waals surface area contributed by atoms with Gasteiger partial charge in [-0.1, -0.05) is 30.2 Å². The highest BCUT2D eigenvalue weighted by atomic mass is 16.5. The smallest absolute Gasteiger partial charge is 0.306 e. The summed E-state index contributed by atoms with van der Waals surface area (Å²) in [5, 5.41) is 0. The van der Waals surface area contributed by atoms with E-state index in [0.29, 0.717) is 13.0 Å². The number of esters is 1. The maximum atomic E-state index is 11.4. The summed E-state index contributed by atoms with van der Waals surface area (Å²) in [6.45, 7) is 12.2. The summed E-state index contributed by atoms with van der Waals surface area (Å²) < 4.78 is 5.13. The lowest BCUT2D eigenvalue weighted by atomic mass is 10.1. The summed E-state index contributed by atoms with van der Waals surface area (Å²) >= 11 is 0. The molecule has 0 aromatic carbocycles. The zero-order chi connectivity index (χ0) is 14.0. The Balaban J connectivity index is 3.83. The number of hydrogen-bond donors (Lipinski definition) is 0. The fraction of sp³-hybridized carbons (Fsp3) is 0.562. The molecule has 0 rings (SSSR count). The van der Waals surface area contributed by atoms with Crippen molar-refractivity contribution in [3.63, 3.8) is 0 Å². The highest BCUT2D eigenvalue weighted by Crippen LogP contribution is 2.07. The maximum absolute atomic E-state index is 11.4. The van der Waals surface area contributed by atoms with Gasteiger partial charge in [-0.15, -0.1) is 6.58 Å². The second-order valence-electron chi connectivity index (χ2n) is 4.97. The van der Waals surface area contributed by atoms with E-state index in [1.165, 1.54) is 11.1 Å². The molecule has 0 spiro atoms. The van der Waals surface area contributed by atoms with Gasteiger partial charge < -0.3 is 4.74 Å². The van der Waals surface area contributed by atoms with Gasteiger partial charge in [0.25, 0.3) is 0 Å². The van der Waals surface area contributed by atoms with Gasteiger partial charge in [-0.2, -0.15) is 0 Å². The van der Waals surface area contributed by atoms with Gasteiger partial charge in [0.15, 0.2) is 0 Å². The van der Waals surface area contributed by atoms with Crippen molar-refractivity contribution in [3.8, 4) is 0 Å². The molecule has 0 N–H and O–H groups in total. The topological polar surface area (TPSA) is 26.3 Å². The van der Waals surface area contributed by atoms with Gasteiger partial charge in [0.2, 0.25) is 0 Å². The van der Waals surface area contributed by atoms with Crippen molar-refractivity contribution in [2.75, 3.05) is 6.61 Å². The van der Waals surface area contributed by atoms with Crippen LogP contribution in [-0.4, -0.2) is 12.6 Å². The molecule has 0 heterocycles. The maximum Gasteiger partial charge on any atom is 0.306 e. The van der Waals surface area contributed by atoms with Crippen molar-refractivity contribution in [1.29, 1.82) is 0 Å². The lowest BCUT2D eigenvalue weighted by molar-refractivity contribution is -0.143. The minimum Gasteiger partial charge on any atom is -0.461 e. The fourth-order valence-electron chi connectivity index (χ4n) is 1.37. The lowest BCUT2D eigenvalue weighted by Crippen LogP contribution is -2.08. The van der Waals surface area contributed by atoms with Crippen molar-refractivity contribution >= 4 is 5.97 Å². The van der Waals surface area contributed by atoms with Gasteiger partial charge in [0.05, 0.1) is 6.42 Å². The summed E-state index contributed by atoms with van der Waals surface area (Å²) in [4.78, 5) is 11.4. The Morgan fingerprint density at radius 1 is 1.28 bits per heavy atom. The largest absolute Gasteiger partial charge is 0.461 e. The molecule has 0 fully saturated rings. The van der Waals surface area contributed by atoms with Crippen LogP contribution in [0.25, 0.3) is 0 Å². The second kappa shape index (κ2) is 9.69. The summed E-state index contributed by atoms with van der Waals surface area (Å²) in [6.07, 6.45) is 8.44. The second-order valence-corrected chi connectivity index (χ2v) is 4.97. The molecule has 0 amide bonds. The summed E-state index contributed by atoms with van der Waals surface area (Å²) in [5.41, 5.74) is 2.60. The summed E-state index contributed by atoms with van der Waals surface area (Å²) in [7, 11) is 0. The van der Waals surface area contributed by atoms with Crippen molar-refractivity contribution in [3.05, 3.63) is 36.0 Å². The number of allylic oxidation sites excluding steroid dienone is 4. The molecule has 1 unspecified atom stereocenters. The molecular formula is C16H26O2. The van der Waals surface area contributed by atoms with Gasteiger partial charge in [0, 0.05) is 0 Å². The summed E-state index contributed by atoms with van der Waals surface area (Å²) in [6, 6.07) is 0. The van der Waals surface area contributed by atoms with E-state index in [-0.39, 0.29) is 11.9 Å².